The zero-order chi connectivity index (χ0) is 18.9. The van der Waals surface area contributed by atoms with E-state index in [-0.39, 0.29) is 42.1 Å². The number of Topliss-reactive ketones (excluding diaryl/α,β-unsaturated/α-hetero) is 1. The summed E-state index contributed by atoms with van der Waals surface area (Å²) in [6, 6.07) is 6.77. The SMILES string of the molecule is CC(C)(C)OC(=O)N1C2CCC1CC(CC(=O)Cc1ccccc1F)C2. The molecule has 5 heteroatoms. The van der Waals surface area contributed by atoms with Crippen LogP contribution in [0, 0.1) is 11.7 Å². The highest BCUT2D eigenvalue weighted by Gasteiger charge is 2.45. The number of nitrogens with zero attached hydrogens (tertiary/aromatic N) is 1. The fraction of sp³-hybridized carbons (Fsp3) is 0.619. The number of hydrogen-bond acceptors (Lipinski definition) is 3. The second kappa shape index (κ2) is 7.37. The van der Waals surface area contributed by atoms with E-state index in [9.17, 15) is 14.0 Å². The third-order valence-corrected chi connectivity index (χ3v) is 5.30. The van der Waals surface area contributed by atoms with Gasteiger partial charge in [-0.25, -0.2) is 9.18 Å². The molecule has 0 aliphatic carbocycles. The van der Waals surface area contributed by atoms with Crippen molar-refractivity contribution in [1.82, 2.24) is 4.90 Å². The Morgan fingerprint density at radius 3 is 2.35 bits per heavy atom. The third-order valence-electron chi connectivity index (χ3n) is 5.30. The Morgan fingerprint density at radius 2 is 1.77 bits per heavy atom. The normalized spacial score (nSPS) is 25.2. The topological polar surface area (TPSA) is 46.6 Å². The molecule has 4 nitrogen and oxygen atoms in total. The highest BCUT2D eigenvalue weighted by atomic mass is 19.1. The van der Waals surface area contributed by atoms with E-state index in [1.165, 1.54) is 6.07 Å². The molecule has 0 saturated carbocycles. The summed E-state index contributed by atoms with van der Waals surface area (Å²) in [7, 11) is 0. The van der Waals surface area contributed by atoms with Crippen LogP contribution in [-0.2, 0) is 16.0 Å². The van der Waals surface area contributed by atoms with Gasteiger partial charge >= 0.3 is 6.09 Å². The van der Waals surface area contributed by atoms with Crippen LogP contribution in [0.25, 0.3) is 0 Å². The fourth-order valence-corrected chi connectivity index (χ4v) is 4.32. The number of halogens is 1. The second-order valence-corrected chi connectivity index (χ2v) is 8.62. The Balaban J connectivity index is 1.56. The first-order valence-electron chi connectivity index (χ1n) is 9.49. The number of rotatable bonds is 4. The molecule has 0 radical (unpaired) electrons. The Labute approximate surface area is 154 Å². The summed E-state index contributed by atoms with van der Waals surface area (Å²) in [5.74, 6) is 0.0244. The summed E-state index contributed by atoms with van der Waals surface area (Å²) in [6.45, 7) is 5.63. The number of piperidine rings is 1. The van der Waals surface area contributed by atoms with Gasteiger partial charge in [0.25, 0.3) is 0 Å². The van der Waals surface area contributed by atoms with E-state index in [1.54, 1.807) is 18.2 Å². The highest BCUT2D eigenvalue weighted by molar-refractivity contribution is 5.81. The number of ketones is 1. The average molecular weight is 361 g/mol. The first kappa shape index (κ1) is 18.9. The lowest BCUT2D eigenvalue weighted by atomic mass is 9.86. The molecule has 1 aromatic rings. The number of amides is 1. The molecule has 0 N–H and O–H groups in total. The van der Waals surface area contributed by atoms with Crippen molar-refractivity contribution in [2.45, 2.75) is 77.0 Å². The van der Waals surface area contributed by atoms with Crippen molar-refractivity contribution in [2.75, 3.05) is 0 Å². The summed E-state index contributed by atoms with van der Waals surface area (Å²) in [5, 5.41) is 0. The minimum Gasteiger partial charge on any atom is -0.444 e. The van der Waals surface area contributed by atoms with E-state index in [1.807, 2.05) is 25.7 Å². The third kappa shape index (κ3) is 4.43. The molecule has 2 aliphatic rings. The summed E-state index contributed by atoms with van der Waals surface area (Å²) < 4.78 is 19.3. The number of fused-ring (bicyclic) bond motifs is 2. The van der Waals surface area contributed by atoms with Gasteiger partial charge in [-0.1, -0.05) is 18.2 Å². The quantitative estimate of drug-likeness (QED) is 0.793. The highest BCUT2D eigenvalue weighted by Crippen LogP contribution is 2.40. The van der Waals surface area contributed by atoms with Crippen molar-refractivity contribution in [3.8, 4) is 0 Å². The molecule has 0 spiro atoms. The molecule has 2 fully saturated rings. The number of carbonyl (C=O) groups excluding carboxylic acids is 2. The zero-order valence-electron chi connectivity index (χ0n) is 15.8. The summed E-state index contributed by atoms with van der Waals surface area (Å²) in [4.78, 5) is 26.8. The largest absolute Gasteiger partial charge is 0.444 e. The van der Waals surface area contributed by atoms with Gasteiger partial charge in [-0.2, -0.15) is 0 Å². The predicted octanol–water partition coefficient (Wildman–Crippen LogP) is 4.51. The first-order valence-corrected chi connectivity index (χ1v) is 9.49. The van der Waals surface area contributed by atoms with E-state index < -0.39 is 5.60 Å². The van der Waals surface area contributed by atoms with Crippen molar-refractivity contribution in [1.29, 1.82) is 0 Å². The Morgan fingerprint density at radius 1 is 1.15 bits per heavy atom. The van der Waals surface area contributed by atoms with Crippen LogP contribution < -0.4 is 0 Å². The molecule has 2 atom stereocenters. The molecule has 2 unspecified atom stereocenters. The minimum atomic E-state index is -0.497. The molecule has 142 valence electrons. The predicted molar refractivity (Wildman–Crippen MR) is 97.3 cm³/mol. The van der Waals surface area contributed by atoms with Crippen LogP contribution in [0.3, 0.4) is 0 Å². The summed E-state index contributed by atoms with van der Waals surface area (Å²) in [5.41, 5.74) is -0.0324. The van der Waals surface area contributed by atoms with E-state index in [0.29, 0.717) is 12.0 Å². The molecule has 2 heterocycles. The standard InChI is InChI=1S/C21H28FNO3/c1-21(2,3)26-20(25)23-16-8-9-17(23)11-14(10-16)12-18(24)13-15-6-4-5-7-19(15)22/h4-7,14,16-17H,8-13H2,1-3H3. The van der Waals surface area contributed by atoms with E-state index in [4.69, 9.17) is 4.74 Å². The van der Waals surface area contributed by atoms with Crippen LogP contribution >= 0.6 is 0 Å². The molecule has 3 rings (SSSR count). The van der Waals surface area contributed by atoms with Gasteiger partial charge < -0.3 is 9.64 Å². The summed E-state index contributed by atoms with van der Waals surface area (Å²) in [6.07, 6.45) is 3.99. The molecule has 0 aromatic heterocycles. The van der Waals surface area contributed by atoms with Crippen molar-refractivity contribution < 1.29 is 18.7 Å². The van der Waals surface area contributed by atoms with Crippen LogP contribution in [0.15, 0.2) is 24.3 Å². The maximum atomic E-state index is 13.7. The van der Waals surface area contributed by atoms with Crippen LogP contribution in [0.4, 0.5) is 9.18 Å². The molecular weight excluding hydrogens is 333 g/mol. The van der Waals surface area contributed by atoms with Gasteiger partial charge in [0.2, 0.25) is 0 Å². The van der Waals surface area contributed by atoms with E-state index in [2.05, 4.69) is 0 Å². The lowest BCUT2D eigenvalue weighted by molar-refractivity contribution is -0.119. The fourth-order valence-electron chi connectivity index (χ4n) is 4.32. The van der Waals surface area contributed by atoms with Gasteiger partial charge in [-0.15, -0.1) is 0 Å². The number of carbonyl (C=O) groups is 2. The molecule has 2 aliphatic heterocycles. The lowest BCUT2D eigenvalue weighted by Crippen LogP contribution is -2.48. The second-order valence-electron chi connectivity index (χ2n) is 8.62. The van der Waals surface area contributed by atoms with Crippen molar-refractivity contribution >= 4 is 11.9 Å². The molecule has 1 amide bonds. The summed E-state index contributed by atoms with van der Waals surface area (Å²) >= 11 is 0. The number of ether oxygens (including phenoxy) is 1. The zero-order valence-corrected chi connectivity index (χ0v) is 15.8. The van der Waals surface area contributed by atoms with Gasteiger partial charge in [0.15, 0.2) is 0 Å². The van der Waals surface area contributed by atoms with Crippen LogP contribution in [-0.4, -0.2) is 34.5 Å². The Kier molecular flexibility index (Phi) is 5.35. The van der Waals surface area contributed by atoms with Crippen molar-refractivity contribution in [3.63, 3.8) is 0 Å². The molecule has 2 bridgehead atoms. The smallest absolute Gasteiger partial charge is 0.410 e. The van der Waals surface area contributed by atoms with Crippen LogP contribution in [0.5, 0.6) is 0 Å². The van der Waals surface area contributed by atoms with Gasteiger partial charge in [-0.05, 0) is 64.0 Å². The minimum absolute atomic E-state index is 0.0743. The van der Waals surface area contributed by atoms with Crippen LogP contribution in [0.1, 0.15) is 58.4 Å². The van der Waals surface area contributed by atoms with Gasteiger partial charge in [-0.3, -0.25) is 4.79 Å². The molecule has 1 aromatic carbocycles. The lowest BCUT2D eigenvalue weighted by Gasteiger charge is -2.39. The monoisotopic (exact) mass is 361 g/mol. The van der Waals surface area contributed by atoms with Crippen molar-refractivity contribution in [2.24, 2.45) is 5.92 Å². The molecular formula is C21H28FNO3. The van der Waals surface area contributed by atoms with Gasteiger partial charge in [0.05, 0.1) is 0 Å². The number of benzene rings is 1. The maximum Gasteiger partial charge on any atom is 0.410 e. The first-order chi connectivity index (χ1) is 12.2. The molecule has 2 saturated heterocycles. The van der Waals surface area contributed by atoms with Gasteiger partial charge in [0.1, 0.15) is 17.2 Å². The van der Waals surface area contributed by atoms with Gasteiger partial charge in [0, 0.05) is 24.9 Å². The van der Waals surface area contributed by atoms with Crippen molar-refractivity contribution in [3.05, 3.63) is 35.6 Å². The van der Waals surface area contributed by atoms with E-state index in [0.717, 1.165) is 25.7 Å². The number of hydrogen-bond donors (Lipinski definition) is 0. The Hall–Kier alpha value is -1.91. The Bertz CT molecular complexity index is 668. The van der Waals surface area contributed by atoms with E-state index >= 15 is 0 Å². The van der Waals surface area contributed by atoms with Crippen LogP contribution in [0.2, 0.25) is 0 Å². The average Bonchev–Trinajstić information content (AvgIpc) is 2.80. The maximum absolute atomic E-state index is 13.7. The molecule has 26 heavy (non-hydrogen) atoms.